The summed E-state index contributed by atoms with van der Waals surface area (Å²) in [6, 6.07) is -0.183. The highest BCUT2D eigenvalue weighted by Crippen LogP contribution is 2.14. The van der Waals surface area contributed by atoms with Crippen molar-refractivity contribution in [2.75, 3.05) is 13.2 Å². The van der Waals surface area contributed by atoms with Crippen molar-refractivity contribution in [2.45, 2.75) is 25.9 Å². The number of rotatable bonds is 4. The van der Waals surface area contributed by atoms with E-state index in [1.54, 1.807) is 11.3 Å². The Kier molecular flexibility index (Phi) is 4.09. The lowest BCUT2D eigenvalue weighted by Crippen LogP contribution is -2.40. The summed E-state index contributed by atoms with van der Waals surface area (Å²) in [5.74, 6) is -0.260. The molecule has 0 radical (unpaired) electrons. The van der Waals surface area contributed by atoms with E-state index in [0.717, 1.165) is 11.4 Å². The summed E-state index contributed by atoms with van der Waals surface area (Å²) in [7, 11) is 0. The number of nitrogens with two attached hydrogens (primary N) is 1. The molecule has 0 spiro atoms. The molecule has 94 valence electrons. The lowest BCUT2D eigenvalue weighted by atomic mass is 10.0. The topological polar surface area (TPSA) is 77.2 Å². The number of thiazole rings is 1. The molecule has 0 saturated carbocycles. The molecule has 2 atom stereocenters. The second kappa shape index (κ2) is 5.57. The number of hydrogen-bond donors (Lipinski definition) is 2. The smallest absolute Gasteiger partial charge is 0.227 e. The van der Waals surface area contributed by atoms with Gasteiger partial charge in [-0.05, 0) is 6.42 Å². The van der Waals surface area contributed by atoms with Gasteiger partial charge in [0, 0.05) is 17.1 Å². The van der Waals surface area contributed by atoms with Crippen LogP contribution in [0.5, 0.6) is 0 Å². The van der Waals surface area contributed by atoms with Gasteiger partial charge in [0.1, 0.15) is 5.01 Å². The summed E-state index contributed by atoms with van der Waals surface area (Å²) in [6.45, 7) is 3.46. The average molecular weight is 255 g/mol. The Morgan fingerprint density at radius 1 is 1.71 bits per heavy atom. The van der Waals surface area contributed by atoms with Crippen LogP contribution < -0.4 is 11.1 Å². The van der Waals surface area contributed by atoms with Crippen molar-refractivity contribution in [3.63, 3.8) is 0 Å². The van der Waals surface area contributed by atoms with E-state index in [0.29, 0.717) is 19.8 Å². The maximum Gasteiger partial charge on any atom is 0.227 e. The van der Waals surface area contributed by atoms with Gasteiger partial charge in [0.15, 0.2) is 0 Å². The SMILES string of the molecule is CCc1cnc(CNC(=O)C2COCC2N)s1. The zero-order valence-electron chi connectivity index (χ0n) is 9.81. The van der Waals surface area contributed by atoms with Gasteiger partial charge in [-0.25, -0.2) is 4.98 Å². The summed E-state index contributed by atoms with van der Waals surface area (Å²) < 4.78 is 5.17. The predicted octanol–water partition coefficient (Wildman–Crippen LogP) is 0.295. The van der Waals surface area contributed by atoms with Gasteiger partial charge in [0.05, 0.1) is 25.7 Å². The number of hydrogen-bond acceptors (Lipinski definition) is 5. The third kappa shape index (κ3) is 3.02. The van der Waals surface area contributed by atoms with Crippen molar-refractivity contribution in [1.29, 1.82) is 0 Å². The minimum atomic E-state index is -0.222. The first-order chi connectivity index (χ1) is 8.20. The van der Waals surface area contributed by atoms with Crippen molar-refractivity contribution < 1.29 is 9.53 Å². The Labute approximate surface area is 104 Å². The van der Waals surface area contributed by atoms with Crippen molar-refractivity contribution in [3.8, 4) is 0 Å². The first-order valence-electron chi connectivity index (χ1n) is 5.75. The van der Waals surface area contributed by atoms with Gasteiger partial charge in [-0.15, -0.1) is 11.3 Å². The molecule has 1 amide bonds. The Hall–Kier alpha value is -0.980. The molecule has 1 aliphatic rings. The lowest BCUT2D eigenvalue weighted by molar-refractivity contribution is -0.125. The molecule has 1 aromatic rings. The van der Waals surface area contributed by atoms with Crippen LogP contribution in [0.2, 0.25) is 0 Å². The van der Waals surface area contributed by atoms with Crippen LogP contribution >= 0.6 is 11.3 Å². The molecule has 2 rings (SSSR count). The van der Waals surface area contributed by atoms with Crippen molar-refractivity contribution >= 4 is 17.2 Å². The molecular formula is C11H17N3O2S. The van der Waals surface area contributed by atoms with Gasteiger partial charge in [0.2, 0.25) is 5.91 Å². The van der Waals surface area contributed by atoms with E-state index in [1.165, 1.54) is 4.88 Å². The van der Waals surface area contributed by atoms with E-state index in [9.17, 15) is 4.79 Å². The number of carbonyl (C=O) groups excluding carboxylic acids is 1. The van der Waals surface area contributed by atoms with Gasteiger partial charge < -0.3 is 15.8 Å². The molecule has 1 aromatic heterocycles. The van der Waals surface area contributed by atoms with Crippen LogP contribution in [0.15, 0.2) is 6.20 Å². The van der Waals surface area contributed by atoms with Crippen LogP contribution in [-0.2, 0) is 22.5 Å². The maximum atomic E-state index is 11.8. The van der Waals surface area contributed by atoms with Gasteiger partial charge in [-0.3, -0.25) is 4.79 Å². The van der Waals surface area contributed by atoms with Crippen LogP contribution in [0.1, 0.15) is 16.8 Å². The third-order valence-corrected chi connectivity index (χ3v) is 3.97. The molecule has 1 aliphatic heterocycles. The van der Waals surface area contributed by atoms with Crippen LogP contribution in [0, 0.1) is 5.92 Å². The van der Waals surface area contributed by atoms with E-state index >= 15 is 0 Å². The molecule has 2 heterocycles. The zero-order chi connectivity index (χ0) is 12.3. The summed E-state index contributed by atoms with van der Waals surface area (Å²) in [5, 5.41) is 3.79. The first kappa shape index (κ1) is 12.5. The van der Waals surface area contributed by atoms with E-state index in [2.05, 4.69) is 17.2 Å². The molecular weight excluding hydrogens is 238 g/mol. The molecule has 17 heavy (non-hydrogen) atoms. The number of ether oxygens (including phenoxy) is 1. The fraction of sp³-hybridized carbons (Fsp3) is 0.636. The van der Waals surface area contributed by atoms with Crippen LogP contribution in [0.25, 0.3) is 0 Å². The lowest BCUT2D eigenvalue weighted by Gasteiger charge is -2.12. The summed E-state index contributed by atoms with van der Waals surface area (Å²) in [4.78, 5) is 17.3. The number of amides is 1. The largest absolute Gasteiger partial charge is 0.379 e. The Morgan fingerprint density at radius 2 is 2.53 bits per heavy atom. The Balaban J connectivity index is 1.83. The number of aryl methyl sites for hydroxylation is 1. The van der Waals surface area contributed by atoms with Crippen LogP contribution in [0.4, 0.5) is 0 Å². The van der Waals surface area contributed by atoms with Crippen LogP contribution in [-0.4, -0.2) is 30.1 Å². The number of aromatic nitrogens is 1. The molecule has 3 N–H and O–H groups in total. The van der Waals surface area contributed by atoms with E-state index in [-0.39, 0.29) is 17.9 Å². The Bertz CT molecular complexity index is 394. The molecule has 0 aliphatic carbocycles. The van der Waals surface area contributed by atoms with Crippen molar-refractivity contribution in [1.82, 2.24) is 10.3 Å². The maximum absolute atomic E-state index is 11.8. The summed E-state index contributed by atoms with van der Waals surface area (Å²) in [5.41, 5.74) is 5.78. The molecule has 5 nitrogen and oxygen atoms in total. The highest BCUT2D eigenvalue weighted by Gasteiger charge is 2.31. The average Bonchev–Trinajstić information content (AvgIpc) is 2.94. The zero-order valence-corrected chi connectivity index (χ0v) is 10.6. The molecule has 1 saturated heterocycles. The standard InChI is InChI=1S/C11H17N3O2S/c1-2-7-3-13-10(17-7)4-14-11(15)8-5-16-6-9(8)12/h3,8-9H,2,4-6,12H2,1H3,(H,14,15). The molecule has 6 heteroatoms. The van der Waals surface area contributed by atoms with Crippen LogP contribution in [0.3, 0.4) is 0 Å². The third-order valence-electron chi connectivity index (χ3n) is 2.83. The van der Waals surface area contributed by atoms with Crippen molar-refractivity contribution in [2.24, 2.45) is 11.7 Å². The van der Waals surface area contributed by atoms with Crippen molar-refractivity contribution in [3.05, 3.63) is 16.1 Å². The monoisotopic (exact) mass is 255 g/mol. The summed E-state index contributed by atoms with van der Waals surface area (Å²) >= 11 is 1.63. The highest BCUT2D eigenvalue weighted by molar-refractivity contribution is 7.11. The fourth-order valence-electron chi connectivity index (χ4n) is 1.73. The number of nitrogens with zero attached hydrogens (tertiary/aromatic N) is 1. The predicted molar refractivity (Wildman–Crippen MR) is 65.6 cm³/mol. The number of nitrogens with one attached hydrogen (secondary N) is 1. The van der Waals surface area contributed by atoms with E-state index in [4.69, 9.17) is 10.5 Å². The minimum Gasteiger partial charge on any atom is -0.379 e. The second-order valence-electron chi connectivity index (χ2n) is 4.10. The minimum absolute atomic E-state index is 0.0387. The van der Waals surface area contributed by atoms with E-state index in [1.807, 2.05) is 6.20 Å². The van der Waals surface area contributed by atoms with Gasteiger partial charge in [0.25, 0.3) is 0 Å². The van der Waals surface area contributed by atoms with E-state index < -0.39 is 0 Å². The normalized spacial score (nSPS) is 23.9. The quantitative estimate of drug-likeness (QED) is 0.811. The second-order valence-corrected chi connectivity index (χ2v) is 5.30. The van der Waals surface area contributed by atoms with Gasteiger partial charge in [-0.1, -0.05) is 6.92 Å². The van der Waals surface area contributed by atoms with Gasteiger partial charge >= 0.3 is 0 Å². The van der Waals surface area contributed by atoms with Gasteiger partial charge in [-0.2, -0.15) is 0 Å². The highest BCUT2D eigenvalue weighted by atomic mass is 32.1. The molecule has 0 aromatic carbocycles. The Morgan fingerprint density at radius 3 is 3.12 bits per heavy atom. The first-order valence-corrected chi connectivity index (χ1v) is 6.57. The molecule has 2 unspecified atom stereocenters. The molecule has 0 bridgehead atoms. The molecule has 1 fully saturated rings. The number of carbonyl (C=O) groups is 1. The fourth-order valence-corrected chi connectivity index (χ4v) is 2.53. The summed E-state index contributed by atoms with van der Waals surface area (Å²) in [6.07, 6.45) is 2.84.